The smallest absolute Gasteiger partial charge is 0.251 e. The van der Waals surface area contributed by atoms with E-state index in [2.05, 4.69) is 5.32 Å². The molecule has 3 N–H and O–H groups in total. The van der Waals surface area contributed by atoms with Crippen molar-refractivity contribution in [1.29, 1.82) is 0 Å². The van der Waals surface area contributed by atoms with Crippen LogP contribution in [0, 0.1) is 0 Å². The van der Waals surface area contributed by atoms with E-state index in [1.807, 2.05) is 25.1 Å². The SMILES string of the molecule is C[C@H](N)c1ccc2c(c1)C(=O)NCC2. The quantitative estimate of drug-likeness (QED) is 0.694. The summed E-state index contributed by atoms with van der Waals surface area (Å²) in [7, 11) is 0. The lowest BCUT2D eigenvalue weighted by atomic mass is 9.96. The third-order valence-corrected chi connectivity index (χ3v) is 2.58. The van der Waals surface area contributed by atoms with Gasteiger partial charge < -0.3 is 11.1 Å². The first-order valence-corrected chi connectivity index (χ1v) is 4.85. The van der Waals surface area contributed by atoms with Crippen molar-refractivity contribution in [1.82, 2.24) is 5.32 Å². The Hall–Kier alpha value is -1.35. The van der Waals surface area contributed by atoms with Crippen LogP contribution in [-0.4, -0.2) is 12.5 Å². The summed E-state index contributed by atoms with van der Waals surface area (Å²) in [6, 6.07) is 5.89. The third kappa shape index (κ3) is 1.51. The Labute approximate surface area is 83.3 Å². The van der Waals surface area contributed by atoms with Crippen LogP contribution in [-0.2, 0) is 6.42 Å². The normalized spacial score (nSPS) is 17.1. The first kappa shape index (κ1) is 9.21. The Morgan fingerprint density at radius 2 is 2.29 bits per heavy atom. The maximum Gasteiger partial charge on any atom is 0.251 e. The average molecular weight is 190 g/mol. The molecule has 0 unspecified atom stereocenters. The van der Waals surface area contributed by atoms with Crippen LogP contribution >= 0.6 is 0 Å². The van der Waals surface area contributed by atoms with Crippen molar-refractivity contribution in [2.45, 2.75) is 19.4 Å². The number of nitrogens with one attached hydrogen (secondary N) is 1. The van der Waals surface area contributed by atoms with Gasteiger partial charge in [0.05, 0.1) is 0 Å². The Kier molecular flexibility index (Phi) is 2.25. The fraction of sp³-hybridized carbons (Fsp3) is 0.364. The molecule has 1 aromatic rings. The monoisotopic (exact) mass is 190 g/mol. The molecule has 1 atom stereocenters. The van der Waals surface area contributed by atoms with Crippen LogP contribution in [0.15, 0.2) is 18.2 Å². The van der Waals surface area contributed by atoms with Crippen LogP contribution < -0.4 is 11.1 Å². The van der Waals surface area contributed by atoms with Crippen molar-refractivity contribution in [3.8, 4) is 0 Å². The molecule has 74 valence electrons. The van der Waals surface area contributed by atoms with Crippen molar-refractivity contribution in [3.05, 3.63) is 34.9 Å². The fourth-order valence-corrected chi connectivity index (χ4v) is 1.71. The minimum absolute atomic E-state index is 0.0185. The molecule has 1 heterocycles. The van der Waals surface area contributed by atoms with Crippen LogP contribution in [0.5, 0.6) is 0 Å². The second-order valence-corrected chi connectivity index (χ2v) is 3.71. The molecular weight excluding hydrogens is 176 g/mol. The van der Waals surface area contributed by atoms with Gasteiger partial charge in [-0.05, 0) is 30.5 Å². The van der Waals surface area contributed by atoms with Crippen molar-refractivity contribution >= 4 is 5.91 Å². The van der Waals surface area contributed by atoms with Crippen LogP contribution in [0.1, 0.15) is 34.5 Å². The van der Waals surface area contributed by atoms with Gasteiger partial charge in [-0.2, -0.15) is 0 Å². The highest BCUT2D eigenvalue weighted by Gasteiger charge is 2.16. The lowest BCUT2D eigenvalue weighted by Gasteiger charge is -2.18. The predicted molar refractivity (Wildman–Crippen MR) is 55.1 cm³/mol. The Balaban J connectivity index is 2.46. The van der Waals surface area contributed by atoms with Gasteiger partial charge in [0, 0.05) is 18.2 Å². The molecule has 0 spiro atoms. The maximum absolute atomic E-state index is 11.5. The first-order chi connectivity index (χ1) is 6.68. The highest BCUT2D eigenvalue weighted by Crippen LogP contribution is 2.18. The van der Waals surface area contributed by atoms with Gasteiger partial charge in [-0.3, -0.25) is 4.79 Å². The summed E-state index contributed by atoms with van der Waals surface area (Å²) in [6.07, 6.45) is 0.917. The summed E-state index contributed by atoms with van der Waals surface area (Å²) in [6.45, 7) is 2.66. The summed E-state index contributed by atoms with van der Waals surface area (Å²) in [4.78, 5) is 11.5. The van der Waals surface area contributed by atoms with E-state index in [4.69, 9.17) is 5.73 Å². The van der Waals surface area contributed by atoms with Crippen LogP contribution in [0.2, 0.25) is 0 Å². The van der Waals surface area contributed by atoms with Crippen molar-refractivity contribution in [2.24, 2.45) is 5.73 Å². The number of benzene rings is 1. The van der Waals surface area contributed by atoms with Gasteiger partial charge in [0.1, 0.15) is 0 Å². The van der Waals surface area contributed by atoms with E-state index in [1.165, 1.54) is 0 Å². The lowest BCUT2D eigenvalue weighted by molar-refractivity contribution is 0.0946. The summed E-state index contributed by atoms with van der Waals surface area (Å²) in [5.74, 6) is 0.0220. The molecule has 1 aromatic carbocycles. The van der Waals surface area contributed by atoms with Gasteiger partial charge in [-0.1, -0.05) is 12.1 Å². The summed E-state index contributed by atoms with van der Waals surface area (Å²) in [5.41, 5.74) is 8.68. The number of carbonyl (C=O) groups is 1. The maximum atomic E-state index is 11.5. The van der Waals surface area contributed by atoms with E-state index in [1.54, 1.807) is 0 Å². The Bertz CT molecular complexity index is 372. The van der Waals surface area contributed by atoms with Gasteiger partial charge in [-0.25, -0.2) is 0 Å². The predicted octanol–water partition coefficient (Wildman–Crippen LogP) is 0.992. The van der Waals surface area contributed by atoms with E-state index in [9.17, 15) is 4.79 Å². The van der Waals surface area contributed by atoms with E-state index >= 15 is 0 Å². The van der Waals surface area contributed by atoms with Gasteiger partial charge in [0.15, 0.2) is 0 Å². The molecule has 0 fully saturated rings. The number of fused-ring (bicyclic) bond motifs is 1. The third-order valence-electron chi connectivity index (χ3n) is 2.58. The number of nitrogens with two attached hydrogens (primary N) is 1. The number of rotatable bonds is 1. The van der Waals surface area contributed by atoms with E-state index < -0.39 is 0 Å². The number of carbonyl (C=O) groups excluding carboxylic acids is 1. The molecule has 0 aromatic heterocycles. The highest BCUT2D eigenvalue weighted by molar-refractivity contribution is 5.96. The first-order valence-electron chi connectivity index (χ1n) is 4.85. The molecule has 1 amide bonds. The summed E-state index contributed by atoms with van der Waals surface area (Å²) < 4.78 is 0. The molecule has 1 aliphatic rings. The molecule has 0 saturated carbocycles. The zero-order valence-corrected chi connectivity index (χ0v) is 8.21. The molecule has 14 heavy (non-hydrogen) atoms. The zero-order chi connectivity index (χ0) is 10.1. The van der Waals surface area contributed by atoms with E-state index in [0.717, 1.165) is 29.7 Å². The molecule has 2 rings (SSSR count). The fourth-order valence-electron chi connectivity index (χ4n) is 1.71. The molecular formula is C11H14N2O. The lowest BCUT2D eigenvalue weighted by Crippen LogP contribution is -2.32. The standard InChI is InChI=1S/C11H14N2O/c1-7(12)9-3-2-8-4-5-13-11(14)10(8)6-9/h2-3,6-7H,4-5,12H2,1H3,(H,13,14)/t7-/m0/s1. The van der Waals surface area contributed by atoms with E-state index in [0.29, 0.717) is 0 Å². The van der Waals surface area contributed by atoms with Crippen molar-refractivity contribution in [2.75, 3.05) is 6.54 Å². The average Bonchev–Trinajstić information content (AvgIpc) is 2.18. The van der Waals surface area contributed by atoms with E-state index in [-0.39, 0.29) is 11.9 Å². The van der Waals surface area contributed by atoms with Crippen LogP contribution in [0.3, 0.4) is 0 Å². The van der Waals surface area contributed by atoms with Gasteiger partial charge in [0.25, 0.3) is 5.91 Å². The largest absolute Gasteiger partial charge is 0.352 e. The second kappa shape index (κ2) is 3.42. The number of hydrogen-bond acceptors (Lipinski definition) is 2. The topological polar surface area (TPSA) is 55.1 Å². The van der Waals surface area contributed by atoms with Gasteiger partial charge >= 0.3 is 0 Å². The summed E-state index contributed by atoms with van der Waals surface area (Å²) >= 11 is 0. The molecule has 0 saturated heterocycles. The van der Waals surface area contributed by atoms with Crippen LogP contribution in [0.4, 0.5) is 0 Å². The van der Waals surface area contributed by atoms with Gasteiger partial charge in [-0.15, -0.1) is 0 Å². The Morgan fingerprint density at radius 1 is 1.50 bits per heavy atom. The molecule has 3 nitrogen and oxygen atoms in total. The highest BCUT2D eigenvalue weighted by atomic mass is 16.1. The van der Waals surface area contributed by atoms with Gasteiger partial charge in [0.2, 0.25) is 0 Å². The molecule has 3 heteroatoms. The van der Waals surface area contributed by atoms with Crippen molar-refractivity contribution in [3.63, 3.8) is 0 Å². The molecule has 0 aliphatic carbocycles. The summed E-state index contributed by atoms with van der Waals surface area (Å²) in [5, 5.41) is 2.82. The minimum Gasteiger partial charge on any atom is -0.352 e. The molecule has 1 aliphatic heterocycles. The minimum atomic E-state index is -0.0185. The second-order valence-electron chi connectivity index (χ2n) is 3.71. The van der Waals surface area contributed by atoms with Crippen LogP contribution in [0.25, 0.3) is 0 Å². The Morgan fingerprint density at radius 3 is 3.00 bits per heavy atom. The molecule has 0 bridgehead atoms. The molecule has 0 radical (unpaired) electrons. The van der Waals surface area contributed by atoms with Crippen molar-refractivity contribution < 1.29 is 4.79 Å². The number of hydrogen-bond donors (Lipinski definition) is 2. The zero-order valence-electron chi connectivity index (χ0n) is 8.21. The number of amides is 1.